The van der Waals surface area contributed by atoms with Crippen molar-refractivity contribution in [1.82, 2.24) is 14.9 Å². The zero-order chi connectivity index (χ0) is 12.3. The van der Waals surface area contributed by atoms with Gasteiger partial charge in [-0.05, 0) is 20.0 Å². The second kappa shape index (κ2) is 5.09. The number of methoxy groups -OCH3 is 1. The van der Waals surface area contributed by atoms with Crippen LogP contribution in [0.1, 0.15) is 16.9 Å². The van der Waals surface area contributed by atoms with Crippen molar-refractivity contribution < 1.29 is 9.53 Å². The van der Waals surface area contributed by atoms with E-state index in [1.807, 2.05) is 0 Å². The van der Waals surface area contributed by atoms with E-state index in [1.54, 1.807) is 6.20 Å². The minimum Gasteiger partial charge on any atom is -0.464 e. The lowest BCUT2D eigenvalue weighted by Crippen LogP contribution is -2.24. The first-order valence-electron chi connectivity index (χ1n) is 5.54. The van der Waals surface area contributed by atoms with E-state index in [2.05, 4.69) is 32.0 Å². The van der Waals surface area contributed by atoms with Crippen LogP contribution in [0, 0.1) is 0 Å². The zero-order valence-corrected chi connectivity index (χ0v) is 10.0. The molecule has 1 aliphatic heterocycles. The lowest BCUT2D eigenvalue weighted by Gasteiger charge is -2.12. The van der Waals surface area contributed by atoms with Gasteiger partial charge in [-0.3, -0.25) is 0 Å². The molecule has 2 heterocycles. The van der Waals surface area contributed by atoms with Crippen LogP contribution >= 0.6 is 0 Å². The van der Waals surface area contributed by atoms with Crippen molar-refractivity contribution in [1.29, 1.82) is 0 Å². The van der Waals surface area contributed by atoms with E-state index in [4.69, 9.17) is 0 Å². The Bertz CT molecular complexity index is 393. The first kappa shape index (κ1) is 11.8. The number of esters is 1. The van der Waals surface area contributed by atoms with Gasteiger partial charge >= 0.3 is 5.97 Å². The molecule has 1 fully saturated rings. The van der Waals surface area contributed by atoms with E-state index in [0.29, 0.717) is 11.9 Å². The lowest BCUT2D eigenvalue weighted by atomic mass is 10.2. The summed E-state index contributed by atoms with van der Waals surface area (Å²) in [6.45, 7) is 2.09. The molecule has 1 saturated heterocycles. The van der Waals surface area contributed by atoms with Crippen molar-refractivity contribution in [3.8, 4) is 0 Å². The summed E-state index contributed by atoms with van der Waals surface area (Å²) in [5, 5.41) is 3.29. The van der Waals surface area contributed by atoms with E-state index in [1.165, 1.54) is 13.3 Å². The molecule has 0 spiro atoms. The molecule has 1 aromatic heterocycles. The molecular formula is C11H16N4O2. The minimum absolute atomic E-state index is 0.224. The number of nitrogens with one attached hydrogen (secondary N) is 1. The van der Waals surface area contributed by atoms with Crippen molar-refractivity contribution in [3.63, 3.8) is 0 Å². The number of ether oxygens (including phenoxy) is 1. The summed E-state index contributed by atoms with van der Waals surface area (Å²) in [5.74, 6) is 0.225. The molecule has 0 amide bonds. The SMILES string of the molecule is COC(=O)c1cnc(NC2CCN(C)C2)cn1. The maximum absolute atomic E-state index is 11.2. The number of hydrogen-bond acceptors (Lipinski definition) is 6. The van der Waals surface area contributed by atoms with Gasteiger partial charge in [0.25, 0.3) is 0 Å². The van der Waals surface area contributed by atoms with E-state index < -0.39 is 5.97 Å². The molecule has 6 nitrogen and oxygen atoms in total. The third-order valence-electron chi connectivity index (χ3n) is 2.79. The van der Waals surface area contributed by atoms with Gasteiger partial charge in [-0.15, -0.1) is 0 Å². The Balaban J connectivity index is 1.96. The summed E-state index contributed by atoms with van der Waals surface area (Å²) in [6.07, 6.45) is 4.08. The Morgan fingerprint density at radius 2 is 2.35 bits per heavy atom. The molecule has 1 N–H and O–H groups in total. The van der Waals surface area contributed by atoms with Gasteiger partial charge in [-0.1, -0.05) is 0 Å². The molecule has 0 saturated carbocycles. The van der Waals surface area contributed by atoms with Gasteiger partial charge in [0.1, 0.15) is 5.82 Å². The highest BCUT2D eigenvalue weighted by Crippen LogP contribution is 2.12. The van der Waals surface area contributed by atoms with Crippen LogP contribution in [0.3, 0.4) is 0 Å². The van der Waals surface area contributed by atoms with E-state index in [9.17, 15) is 4.79 Å². The number of carbonyl (C=O) groups excluding carboxylic acids is 1. The molecule has 2 rings (SSSR count). The summed E-state index contributed by atoms with van der Waals surface area (Å²) in [7, 11) is 3.41. The number of nitrogens with zero attached hydrogens (tertiary/aromatic N) is 3. The van der Waals surface area contributed by atoms with Crippen LogP contribution in [-0.2, 0) is 4.74 Å². The van der Waals surface area contributed by atoms with Gasteiger partial charge in [0.05, 0.1) is 19.5 Å². The van der Waals surface area contributed by atoms with Gasteiger partial charge < -0.3 is 15.0 Å². The fraction of sp³-hybridized carbons (Fsp3) is 0.545. The van der Waals surface area contributed by atoms with Crippen molar-refractivity contribution >= 4 is 11.8 Å². The molecule has 17 heavy (non-hydrogen) atoms. The number of aromatic nitrogens is 2. The molecule has 0 aromatic carbocycles. The Labute approximate surface area is 100 Å². The maximum Gasteiger partial charge on any atom is 0.358 e. The van der Waals surface area contributed by atoms with Crippen LogP contribution in [0.15, 0.2) is 12.4 Å². The smallest absolute Gasteiger partial charge is 0.358 e. The summed E-state index contributed by atoms with van der Waals surface area (Å²) in [4.78, 5) is 21.6. The van der Waals surface area contributed by atoms with Crippen molar-refractivity contribution in [2.45, 2.75) is 12.5 Å². The number of likely N-dealkylation sites (tertiary alicyclic amines) is 1. The zero-order valence-electron chi connectivity index (χ0n) is 10.0. The fourth-order valence-corrected chi connectivity index (χ4v) is 1.87. The van der Waals surface area contributed by atoms with Crippen molar-refractivity contribution in [3.05, 3.63) is 18.1 Å². The van der Waals surface area contributed by atoms with Gasteiger partial charge in [0.15, 0.2) is 5.69 Å². The third-order valence-corrected chi connectivity index (χ3v) is 2.79. The summed E-state index contributed by atoms with van der Waals surface area (Å²) in [6, 6.07) is 0.401. The molecule has 0 bridgehead atoms. The molecular weight excluding hydrogens is 220 g/mol. The quantitative estimate of drug-likeness (QED) is 0.765. The first-order chi connectivity index (χ1) is 8.19. The van der Waals surface area contributed by atoms with Gasteiger partial charge in [-0.2, -0.15) is 0 Å². The summed E-state index contributed by atoms with van der Waals surface area (Å²) >= 11 is 0. The second-order valence-electron chi connectivity index (χ2n) is 4.17. The average Bonchev–Trinajstić information content (AvgIpc) is 2.75. The highest BCUT2D eigenvalue weighted by Gasteiger charge is 2.19. The van der Waals surface area contributed by atoms with Gasteiger partial charge in [-0.25, -0.2) is 14.8 Å². The highest BCUT2D eigenvalue weighted by molar-refractivity contribution is 5.86. The second-order valence-corrected chi connectivity index (χ2v) is 4.17. The van der Waals surface area contributed by atoms with Crippen molar-refractivity contribution in [2.75, 3.05) is 32.6 Å². The number of hydrogen-bond donors (Lipinski definition) is 1. The number of anilines is 1. The van der Waals surface area contributed by atoms with Crippen LogP contribution in [0.25, 0.3) is 0 Å². The summed E-state index contributed by atoms with van der Waals surface area (Å²) in [5.41, 5.74) is 0.224. The standard InChI is InChI=1S/C11H16N4O2/c1-15-4-3-8(7-15)14-10-6-12-9(5-13-10)11(16)17-2/h5-6,8H,3-4,7H2,1-2H3,(H,13,14). The van der Waals surface area contributed by atoms with Crippen LogP contribution in [-0.4, -0.2) is 54.1 Å². The number of rotatable bonds is 3. The number of carbonyl (C=O) groups is 1. The fourth-order valence-electron chi connectivity index (χ4n) is 1.87. The third kappa shape index (κ3) is 2.91. The Hall–Kier alpha value is -1.69. The minimum atomic E-state index is -0.468. The molecule has 0 radical (unpaired) electrons. The van der Waals surface area contributed by atoms with Crippen LogP contribution in [0.2, 0.25) is 0 Å². The Kier molecular flexibility index (Phi) is 3.53. The molecule has 1 unspecified atom stereocenters. The van der Waals surface area contributed by atoms with Gasteiger partial charge in [0, 0.05) is 12.6 Å². The van der Waals surface area contributed by atoms with Crippen LogP contribution < -0.4 is 5.32 Å². The number of likely N-dealkylation sites (N-methyl/N-ethyl adjacent to an activating group) is 1. The van der Waals surface area contributed by atoms with E-state index >= 15 is 0 Å². The molecule has 92 valence electrons. The van der Waals surface area contributed by atoms with Crippen molar-refractivity contribution in [2.24, 2.45) is 0 Å². The Morgan fingerprint density at radius 1 is 1.53 bits per heavy atom. The monoisotopic (exact) mass is 236 g/mol. The predicted octanol–water partition coefficient (Wildman–Crippen LogP) is 0.379. The molecule has 6 heteroatoms. The maximum atomic E-state index is 11.2. The van der Waals surface area contributed by atoms with E-state index in [0.717, 1.165) is 19.5 Å². The van der Waals surface area contributed by atoms with E-state index in [-0.39, 0.29) is 5.69 Å². The molecule has 1 aliphatic rings. The summed E-state index contributed by atoms with van der Waals surface area (Å²) < 4.78 is 4.56. The lowest BCUT2D eigenvalue weighted by molar-refractivity contribution is 0.0593. The topological polar surface area (TPSA) is 67.3 Å². The average molecular weight is 236 g/mol. The largest absolute Gasteiger partial charge is 0.464 e. The highest BCUT2D eigenvalue weighted by atomic mass is 16.5. The van der Waals surface area contributed by atoms with Crippen LogP contribution in [0.4, 0.5) is 5.82 Å². The van der Waals surface area contributed by atoms with Crippen LogP contribution in [0.5, 0.6) is 0 Å². The normalized spacial score (nSPS) is 20.2. The predicted molar refractivity (Wildman–Crippen MR) is 62.9 cm³/mol. The molecule has 0 aliphatic carbocycles. The molecule has 1 atom stereocenters. The Morgan fingerprint density at radius 3 is 2.88 bits per heavy atom. The first-order valence-corrected chi connectivity index (χ1v) is 5.54. The molecule has 1 aromatic rings. The van der Waals surface area contributed by atoms with Gasteiger partial charge in [0.2, 0.25) is 0 Å².